The molecular formula is C23H33N3O3. The van der Waals surface area contributed by atoms with Crippen LogP contribution in [0.5, 0.6) is 0 Å². The lowest BCUT2D eigenvalue weighted by Gasteiger charge is -2.41. The Balaban J connectivity index is 1.43. The van der Waals surface area contributed by atoms with Crippen molar-refractivity contribution in [3.8, 4) is 0 Å². The van der Waals surface area contributed by atoms with E-state index in [1.54, 1.807) is 0 Å². The highest BCUT2D eigenvalue weighted by Crippen LogP contribution is 2.35. The molecule has 4 rings (SSSR count). The van der Waals surface area contributed by atoms with Crippen molar-refractivity contribution >= 4 is 11.8 Å². The molecule has 0 saturated carbocycles. The van der Waals surface area contributed by atoms with Crippen LogP contribution in [0.2, 0.25) is 0 Å². The molecule has 0 aromatic heterocycles. The van der Waals surface area contributed by atoms with Gasteiger partial charge in [0.25, 0.3) is 5.91 Å². The van der Waals surface area contributed by atoms with Gasteiger partial charge in [-0.2, -0.15) is 0 Å². The summed E-state index contributed by atoms with van der Waals surface area (Å²) >= 11 is 0. The minimum Gasteiger partial charge on any atom is -0.379 e. The van der Waals surface area contributed by atoms with E-state index >= 15 is 0 Å². The molecule has 3 aliphatic rings. The molecule has 6 heteroatoms. The monoisotopic (exact) mass is 399 g/mol. The number of piperidine rings is 1. The zero-order valence-electron chi connectivity index (χ0n) is 17.7. The van der Waals surface area contributed by atoms with E-state index in [2.05, 4.69) is 16.7 Å². The van der Waals surface area contributed by atoms with Crippen LogP contribution in [-0.2, 0) is 9.53 Å². The van der Waals surface area contributed by atoms with Crippen LogP contribution >= 0.6 is 0 Å². The molecule has 3 heterocycles. The van der Waals surface area contributed by atoms with Crippen molar-refractivity contribution in [2.24, 2.45) is 11.3 Å². The maximum Gasteiger partial charge on any atom is 0.253 e. The van der Waals surface area contributed by atoms with Crippen molar-refractivity contribution in [3.05, 3.63) is 35.9 Å². The quantitative estimate of drug-likeness (QED) is 0.781. The fourth-order valence-corrected chi connectivity index (χ4v) is 5.23. The highest BCUT2D eigenvalue weighted by molar-refractivity contribution is 5.95. The lowest BCUT2D eigenvalue weighted by molar-refractivity contribution is -0.143. The number of likely N-dealkylation sites (tertiary alicyclic amines) is 2. The number of ether oxygens (including phenoxy) is 1. The number of carbonyl (C=O) groups is 2. The Morgan fingerprint density at radius 3 is 2.48 bits per heavy atom. The van der Waals surface area contributed by atoms with Gasteiger partial charge in [0, 0.05) is 50.9 Å². The molecule has 2 amide bonds. The number of hydrogen-bond acceptors (Lipinski definition) is 4. The number of nitrogens with zero attached hydrogens (tertiary/aromatic N) is 3. The van der Waals surface area contributed by atoms with Crippen LogP contribution in [0.3, 0.4) is 0 Å². The number of morpholine rings is 1. The van der Waals surface area contributed by atoms with Gasteiger partial charge in [-0.1, -0.05) is 25.1 Å². The van der Waals surface area contributed by atoms with E-state index in [9.17, 15) is 9.59 Å². The van der Waals surface area contributed by atoms with Crippen molar-refractivity contribution in [1.82, 2.24) is 14.7 Å². The van der Waals surface area contributed by atoms with Gasteiger partial charge in [0.1, 0.15) is 0 Å². The molecule has 3 fully saturated rings. The van der Waals surface area contributed by atoms with Gasteiger partial charge in [-0.3, -0.25) is 14.5 Å². The maximum atomic E-state index is 13.5. The molecule has 3 unspecified atom stereocenters. The SMILES string of the molecule is CC1CN(C(=O)C2(C)CCCN(C(=O)c3ccccc3)C2)CC1N1CCOCC1. The lowest BCUT2D eigenvalue weighted by Crippen LogP contribution is -2.53. The van der Waals surface area contributed by atoms with E-state index in [4.69, 9.17) is 4.74 Å². The summed E-state index contributed by atoms with van der Waals surface area (Å²) in [5.74, 6) is 0.710. The molecule has 0 spiro atoms. The van der Waals surface area contributed by atoms with Crippen LogP contribution in [0, 0.1) is 11.3 Å². The molecule has 0 N–H and O–H groups in total. The van der Waals surface area contributed by atoms with E-state index in [0.717, 1.165) is 58.8 Å². The van der Waals surface area contributed by atoms with Gasteiger partial charge in [0.15, 0.2) is 0 Å². The highest BCUT2D eigenvalue weighted by atomic mass is 16.5. The minimum absolute atomic E-state index is 0.0327. The Morgan fingerprint density at radius 1 is 1.03 bits per heavy atom. The highest BCUT2D eigenvalue weighted by Gasteiger charge is 2.45. The fourth-order valence-electron chi connectivity index (χ4n) is 5.23. The van der Waals surface area contributed by atoms with E-state index in [-0.39, 0.29) is 11.8 Å². The Kier molecular flexibility index (Phi) is 5.93. The number of amides is 2. The number of benzene rings is 1. The lowest BCUT2D eigenvalue weighted by atomic mass is 9.80. The van der Waals surface area contributed by atoms with Gasteiger partial charge in [0.2, 0.25) is 5.91 Å². The molecule has 0 bridgehead atoms. The molecule has 29 heavy (non-hydrogen) atoms. The first-order valence-corrected chi connectivity index (χ1v) is 10.9. The Morgan fingerprint density at radius 2 is 1.76 bits per heavy atom. The summed E-state index contributed by atoms with van der Waals surface area (Å²) in [5.41, 5.74) is 0.203. The number of hydrogen-bond donors (Lipinski definition) is 0. The van der Waals surface area contributed by atoms with E-state index in [1.165, 1.54) is 0 Å². The Bertz CT molecular complexity index is 734. The van der Waals surface area contributed by atoms with Crippen molar-refractivity contribution in [2.45, 2.75) is 32.7 Å². The zero-order valence-corrected chi connectivity index (χ0v) is 17.7. The molecule has 6 nitrogen and oxygen atoms in total. The molecule has 3 aliphatic heterocycles. The van der Waals surface area contributed by atoms with Crippen LogP contribution < -0.4 is 0 Å². The smallest absolute Gasteiger partial charge is 0.253 e. The number of carbonyl (C=O) groups excluding carboxylic acids is 2. The van der Waals surface area contributed by atoms with Crippen LogP contribution in [-0.4, -0.2) is 85.0 Å². The summed E-state index contributed by atoms with van der Waals surface area (Å²) in [6.07, 6.45) is 1.72. The van der Waals surface area contributed by atoms with Gasteiger partial charge in [0.05, 0.1) is 18.6 Å². The first-order chi connectivity index (χ1) is 14.0. The normalized spacial score (nSPS) is 31.1. The van der Waals surface area contributed by atoms with E-state index in [1.807, 2.05) is 42.2 Å². The number of rotatable bonds is 3. The van der Waals surface area contributed by atoms with Crippen molar-refractivity contribution in [1.29, 1.82) is 0 Å². The molecular weight excluding hydrogens is 366 g/mol. The van der Waals surface area contributed by atoms with Crippen LogP contribution in [0.1, 0.15) is 37.0 Å². The molecule has 3 atom stereocenters. The summed E-state index contributed by atoms with van der Waals surface area (Å²) in [5, 5.41) is 0. The van der Waals surface area contributed by atoms with Gasteiger partial charge < -0.3 is 14.5 Å². The largest absolute Gasteiger partial charge is 0.379 e. The van der Waals surface area contributed by atoms with Crippen LogP contribution in [0.25, 0.3) is 0 Å². The first kappa shape index (κ1) is 20.4. The van der Waals surface area contributed by atoms with E-state index in [0.29, 0.717) is 24.1 Å². The topological polar surface area (TPSA) is 53.1 Å². The third kappa shape index (κ3) is 4.19. The van der Waals surface area contributed by atoms with Gasteiger partial charge in [-0.05, 0) is 37.8 Å². The Labute approximate surface area is 173 Å². The molecule has 0 aliphatic carbocycles. The second-order valence-electron chi connectivity index (χ2n) is 9.16. The standard InChI is InChI=1S/C23H33N3O3/c1-18-15-26(16-20(18)24-11-13-29-14-12-24)22(28)23(2)9-6-10-25(17-23)21(27)19-7-4-3-5-8-19/h3-5,7-8,18,20H,6,9-17H2,1-2H3. The maximum absolute atomic E-state index is 13.5. The molecule has 3 saturated heterocycles. The van der Waals surface area contributed by atoms with Gasteiger partial charge in [-0.25, -0.2) is 0 Å². The van der Waals surface area contributed by atoms with Gasteiger partial charge >= 0.3 is 0 Å². The first-order valence-electron chi connectivity index (χ1n) is 10.9. The second-order valence-corrected chi connectivity index (χ2v) is 9.16. The second kappa shape index (κ2) is 8.44. The summed E-state index contributed by atoms with van der Waals surface area (Å²) in [7, 11) is 0. The van der Waals surface area contributed by atoms with Crippen molar-refractivity contribution in [2.75, 3.05) is 52.5 Å². The third-order valence-electron chi connectivity index (χ3n) is 6.90. The average Bonchev–Trinajstić information content (AvgIpc) is 3.15. The predicted octanol–water partition coefficient (Wildman–Crippen LogP) is 2.11. The Hall–Kier alpha value is -1.92. The van der Waals surface area contributed by atoms with Crippen molar-refractivity contribution in [3.63, 3.8) is 0 Å². The summed E-state index contributed by atoms with van der Waals surface area (Å²) in [6, 6.07) is 9.81. The summed E-state index contributed by atoms with van der Waals surface area (Å²) in [6.45, 7) is 10.6. The molecule has 158 valence electrons. The molecule has 1 aromatic carbocycles. The minimum atomic E-state index is -0.498. The molecule has 1 aromatic rings. The third-order valence-corrected chi connectivity index (χ3v) is 6.90. The van der Waals surface area contributed by atoms with Crippen LogP contribution in [0.15, 0.2) is 30.3 Å². The predicted molar refractivity (Wildman–Crippen MR) is 112 cm³/mol. The summed E-state index contributed by atoms with van der Waals surface area (Å²) in [4.78, 5) is 32.9. The van der Waals surface area contributed by atoms with Gasteiger partial charge in [-0.15, -0.1) is 0 Å². The summed E-state index contributed by atoms with van der Waals surface area (Å²) < 4.78 is 5.49. The van der Waals surface area contributed by atoms with Crippen molar-refractivity contribution < 1.29 is 14.3 Å². The van der Waals surface area contributed by atoms with E-state index < -0.39 is 5.41 Å². The molecule has 0 radical (unpaired) electrons. The van der Waals surface area contributed by atoms with Crippen LogP contribution in [0.4, 0.5) is 0 Å². The fraction of sp³-hybridized carbons (Fsp3) is 0.652. The zero-order chi connectivity index (χ0) is 20.4. The average molecular weight is 400 g/mol.